The first-order valence-corrected chi connectivity index (χ1v) is 10.5. The van der Waals surface area contributed by atoms with Gasteiger partial charge in [0.1, 0.15) is 12.4 Å². The summed E-state index contributed by atoms with van der Waals surface area (Å²) in [5.74, 6) is -1.08. The number of carboxylic acids is 1. The SMILES string of the molecule is CCN(CC)CCOc1cccc(CCNC(=O)C2CCCCC2C(=O)O)c1. The molecular weight excluding hydrogens is 356 g/mol. The summed E-state index contributed by atoms with van der Waals surface area (Å²) in [4.78, 5) is 26.1. The Hall–Kier alpha value is -2.08. The van der Waals surface area contributed by atoms with Crippen LogP contribution in [0, 0.1) is 11.8 Å². The number of aliphatic carboxylic acids is 1. The average Bonchev–Trinajstić information content (AvgIpc) is 2.71. The predicted molar refractivity (Wildman–Crippen MR) is 110 cm³/mol. The molecule has 1 aliphatic carbocycles. The highest BCUT2D eigenvalue weighted by molar-refractivity contribution is 5.84. The van der Waals surface area contributed by atoms with Gasteiger partial charge >= 0.3 is 5.97 Å². The van der Waals surface area contributed by atoms with Gasteiger partial charge in [0, 0.05) is 13.1 Å². The standard InChI is InChI=1S/C22H34N2O4/c1-3-24(4-2)14-15-28-18-9-7-8-17(16-18)12-13-23-21(25)19-10-5-6-11-20(19)22(26)27/h7-9,16,19-20H,3-6,10-15H2,1-2H3,(H,23,25)(H,26,27). The zero-order chi connectivity index (χ0) is 20.4. The first-order valence-electron chi connectivity index (χ1n) is 10.5. The zero-order valence-corrected chi connectivity index (χ0v) is 17.2. The third-order valence-corrected chi connectivity index (χ3v) is 5.60. The van der Waals surface area contributed by atoms with E-state index in [9.17, 15) is 14.7 Å². The minimum atomic E-state index is -0.852. The summed E-state index contributed by atoms with van der Waals surface area (Å²) in [6.45, 7) is 8.38. The summed E-state index contributed by atoms with van der Waals surface area (Å²) in [5.41, 5.74) is 1.10. The van der Waals surface area contributed by atoms with Gasteiger partial charge in [-0.2, -0.15) is 0 Å². The van der Waals surface area contributed by atoms with Crippen molar-refractivity contribution in [2.45, 2.75) is 46.0 Å². The molecule has 1 amide bonds. The van der Waals surface area contributed by atoms with Crippen molar-refractivity contribution in [3.63, 3.8) is 0 Å². The van der Waals surface area contributed by atoms with Crippen molar-refractivity contribution in [3.05, 3.63) is 29.8 Å². The molecule has 0 heterocycles. The molecule has 0 bridgehead atoms. The molecule has 0 saturated heterocycles. The fourth-order valence-electron chi connectivity index (χ4n) is 3.82. The summed E-state index contributed by atoms with van der Waals surface area (Å²) in [6, 6.07) is 7.94. The molecule has 6 nitrogen and oxygen atoms in total. The largest absolute Gasteiger partial charge is 0.492 e. The quantitative estimate of drug-likeness (QED) is 0.607. The smallest absolute Gasteiger partial charge is 0.307 e. The van der Waals surface area contributed by atoms with E-state index in [1.54, 1.807) is 0 Å². The van der Waals surface area contributed by atoms with Crippen LogP contribution >= 0.6 is 0 Å². The maximum Gasteiger partial charge on any atom is 0.307 e. The van der Waals surface area contributed by atoms with Crippen LogP contribution in [0.25, 0.3) is 0 Å². The molecular formula is C22H34N2O4. The van der Waals surface area contributed by atoms with Crippen LogP contribution in [0.3, 0.4) is 0 Å². The summed E-state index contributed by atoms with van der Waals surface area (Å²) in [5, 5.41) is 12.3. The molecule has 2 atom stereocenters. The normalized spacial score (nSPS) is 19.4. The topological polar surface area (TPSA) is 78.9 Å². The molecule has 1 aromatic carbocycles. The lowest BCUT2D eigenvalue weighted by atomic mass is 9.78. The van der Waals surface area contributed by atoms with Gasteiger partial charge in [0.25, 0.3) is 0 Å². The lowest BCUT2D eigenvalue weighted by Crippen LogP contribution is -2.40. The molecule has 2 unspecified atom stereocenters. The monoisotopic (exact) mass is 390 g/mol. The van der Waals surface area contributed by atoms with E-state index in [-0.39, 0.29) is 5.91 Å². The number of carbonyl (C=O) groups is 2. The Bertz CT molecular complexity index is 631. The lowest BCUT2D eigenvalue weighted by molar-refractivity contribution is -0.148. The number of nitrogens with zero attached hydrogens (tertiary/aromatic N) is 1. The number of hydrogen-bond donors (Lipinski definition) is 2. The summed E-state index contributed by atoms with van der Waals surface area (Å²) >= 11 is 0. The van der Waals surface area contributed by atoms with Crippen molar-refractivity contribution < 1.29 is 19.4 Å². The Balaban J connectivity index is 1.78. The highest BCUT2D eigenvalue weighted by Gasteiger charge is 2.35. The molecule has 1 fully saturated rings. The minimum absolute atomic E-state index is 0.126. The second-order valence-electron chi connectivity index (χ2n) is 7.40. The second kappa shape index (κ2) is 11.7. The lowest BCUT2D eigenvalue weighted by Gasteiger charge is -2.27. The molecule has 1 saturated carbocycles. The van der Waals surface area contributed by atoms with Gasteiger partial charge in [0.05, 0.1) is 11.8 Å². The average molecular weight is 391 g/mol. The highest BCUT2D eigenvalue weighted by atomic mass is 16.5. The fourth-order valence-corrected chi connectivity index (χ4v) is 3.82. The number of amides is 1. The number of rotatable bonds is 11. The molecule has 0 aromatic heterocycles. The maximum atomic E-state index is 12.4. The van der Waals surface area contributed by atoms with Crippen molar-refractivity contribution in [3.8, 4) is 5.75 Å². The predicted octanol–water partition coefficient (Wildman–Crippen LogP) is 2.96. The Morgan fingerprint density at radius 2 is 1.89 bits per heavy atom. The van der Waals surface area contributed by atoms with Gasteiger partial charge in [-0.3, -0.25) is 9.59 Å². The van der Waals surface area contributed by atoms with Crippen molar-refractivity contribution in [1.82, 2.24) is 10.2 Å². The van der Waals surface area contributed by atoms with Crippen LogP contribution in [-0.4, -0.2) is 54.7 Å². The van der Waals surface area contributed by atoms with Crippen LogP contribution in [0.15, 0.2) is 24.3 Å². The van der Waals surface area contributed by atoms with E-state index in [1.807, 2.05) is 24.3 Å². The molecule has 28 heavy (non-hydrogen) atoms. The molecule has 2 rings (SSSR count). The van der Waals surface area contributed by atoms with E-state index in [0.29, 0.717) is 32.4 Å². The number of nitrogens with one attached hydrogen (secondary N) is 1. The zero-order valence-electron chi connectivity index (χ0n) is 17.2. The van der Waals surface area contributed by atoms with E-state index in [0.717, 1.165) is 43.8 Å². The minimum Gasteiger partial charge on any atom is -0.492 e. The molecule has 0 spiro atoms. The van der Waals surface area contributed by atoms with Crippen LogP contribution in [-0.2, 0) is 16.0 Å². The van der Waals surface area contributed by atoms with Gasteiger partial charge in [-0.1, -0.05) is 38.8 Å². The van der Waals surface area contributed by atoms with Crippen LogP contribution < -0.4 is 10.1 Å². The van der Waals surface area contributed by atoms with Crippen LogP contribution in [0.4, 0.5) is 0 Å². The Morgan fingerprint density at radius 1 is 1.18 bits per heavy atom. The molecule has 156 valence electrons. The van der Waals surface area contributed by atoms with Gasteiger partial charge in [-0.15, -0.1) is 0 Å². The van der Waals surface area contributed by atoms with E-state index in [1.165, 1.54) is 0 Å². The van der Waals surface area contributed by atoms with Gasteiger partial charge in [0.2, 0.25) is 5.91 Å². The Kier molecular flexibility index (Phi) is 9.28. The molecule has 1 aliphatic rings. The van der Waals surface area contributed by atoms with E-state index in [4.69, 9.17) is 4.74 Å². The Morgan fingerprint density at radius 3 is 2.57 bits per heavy atom. The molecule has 0 aliphatic heterocycles. The van der Waals surface area contributed by atoms with Crippen LogP contribution in [0.1, 0.15) is 45.1 Å². The van der Waals surface area contributed by atoms with Gasteiger partial charge in [-0.25, -0.2) is 0 Å². The fraction of sp³-hybridized carbons (Fsp3) is 0.636. The summed E-state index contributed by atoms with van der Waals surface area (Å²) in [7, 11) is 0. The molecule has 0 radical (unpaired) electrons. The van der Waals surface area contributed by atoms with Crippen LogP contribution in [0.5, 0.6) is 5.75 Å². The number of carboxylic acid groups (broad SMARTS) is 1. The van der Waals surface area contributed by atoms with Gasteiger partial charge in [0.15, 0.2) is 0 Å². The van der Waals surface area contributed by atoms with Gasteiger partial charge in [-0.05, 0) is 50.0 Å². The van der Waals surface area contributed by atoms with Gasteiger partial charge < -0.3 is 20.1 Å². The molecule has 2 N–H and O–H groups in total. The first kappa shape index (κ1) is 22.2. The van der Waals surface area contributed by atoms with E-state index >= 15 is 0 Å². The van der Waals surface area contributed by atoms with Crippen LogP contribution in [0.2, 0.25) is 0 Å². The summed E-state index contributed by atoms with van der Waals surface area (Å²) < 4.78 is 5.85. The number of hydrogen-bond acceptors (Lipinski definition) is 4. The van der Waals surface area contributed by atoms with Crippen molar-refractivity contribution in [1.29, 1.82) is 0 Å². The van der Waals surface area contributed by atoms with Crippen molar-refractivity contribution >= 4 is 11.9 Å². The van der Waals surface area contributed by atoms with E-state index in [2.05, 4.69) is 24.1 Å². The number of likely N-dealkylation sites (N-methyl/N-ethyl adjacent to an activating group) is 1. The van der Waals surface area contributed by atoms with Crippen molar-refractivity contribution in [2.75, 3.05) is 32.8 Å². The maximum absolute atomic E-state index is 12.4. The van der Waals surface area contributed by atoms with E-state index < -0.39 is 17.8 Å². The number of benzene rings is 1. The summed E-state index contributed by atoms with van der Waals surface area (Å²) in [6.07, 6.45) is 3.78. The number of carbonyl (C=O) groups excluding carboxylic acids is 1. The number of ether oxygens (including phenoxy) is 1. The molecule has 6 heteroatoms. The highest BCUT2D eigenvalue weighted by Crippen LogP contribution is 2.30. The first-order chi connectivity index (χ1) is 13.5. The van der Waals surface area contributed by atoms with Crippen molar-refractivity contribution in [2.24, 2.45) is 11.8 Å². The Labute approximate surface area is 168 Å². The molecule has 1 aromatic rings. The third-order valence-electron chi connectivity index (χ3n) is 5.60. The second-order valence-corrected chi connectivity index (χ2v) is 7.40. The third kappa shape index (κ3) is 6.82.